The molecule has 0 bridgehead atoms. The fourth-order valence-electron chi connectivity index (χ4n) is 4.84. The van der Waals surface area contributed by atoms with E-state index in [1.54, 1.807) is 0 Å². The smallest absolute Gasteiger partial charge is 0.410 e. The third-order valence-electron chi connectivity index (χ3n) is 7.02. The van der Waals surface area contributed by atoms with Crippen LogP contribution in [0.25, 0.3) is 10.9 Å². The molecular weight excluding hydrogens is 440 g/mol. The quantitative estimate of drug-likeness (QED) is 0.488. The van der Waals surface area contributed by atoms with Crippen molar-refractivity contribution in [2.75, 3.05) is 26.4 Å². The molecule has 0 radical (unpaired) electrons. The summed E-state index contributed by atoms with van der Waals surface area (Å²) in [7, 11) is 0. The third kappa shape index (κ3) is 4.18. The molecule has 2 aromatic carbocycles. The lowest BCUT2D eigenvalue weighted by Gasteiger charge is -2.36. The summed E-state index contributed by atoms with van der Waals surface area (Å²) in [6.45, 7) is 2.44. The lowest BCUT2D eigenvalue weighted by atomic mass is 9.86. The number of ether oxygens (including phenoxy) is 3. The molecule has 1 saturated carbocycles. The van der Waals surface area contributed by atoms with Gasteiger partial charge < -0.3 is 19.2 Å². The van der Waals surface area contributed by atoms with Gasteiger partial charge >= 0.3 is 6.09 Å². The third-order valence-corrected chi connectivity index (χ3v) is 7.26. The minimum atomic E-state index is -0.255. The summed E-state index contributed by atoms with van der Waals surface area (Å²) in [6.07, 6.45) is 4.25. The number of fused-ring (bicyclic) bond motifs is 3. The minimum absolute atomic E-state index is 0.213. The summed E-state index contributed by atoms with van der Waals surface area (Å²) in [5, 5.41) is 1.83. The van der Waals surface area contributed by atoms with Crippen LogP contribution in [0.3, 0.4) is 0 Å². The second kappa shape index (κ2) is 8.58. The molecule has 3 heterocycles. The Morgan fingerprint density at radius 3 is 2.70 bits per heavy atom. The van der Waals surface area contributed by atoms with E-state index < -0.39 is 0 Å². The van der Waals surface area contributed by atoms with Gasteiger partial charge in [0.05, 0.1) is 13.2 Å². The Morgan fingerprint density at radius 1 is 1.15 bits per heavy atom. The molecule has 2 aliphatic heterocycles. The highest BCUT2D eigenvalue weighted by atomic mass is 35.5. The molecule has 172 valence electrons. The van der Waals surface area contributed by atoms with E-state index in [-0.39, 0.29) is 18.2 Å². The van der Waals surface area contributed by atoms with Crippen LogP contribution in [0, 0.1) is 5.92 Å². The van der Waals surface area contributed by atoms with Gasteiger partial charge in [0.15, 0.2) is 0 Å². The zero-order chi connectivity index (χ0) is 22.4. The van der Waals surface area contributed by atoms with Crippen LogP contribution in [-0.2, 0) is 15.9 Å². The molecule has 7 heteroatoms. The van der Waals surface area contributed by atoms with Crippen molar-refractivity contribution >= 4 is 28.6 Å². The first-order valence-corrected chi connectivity index (χ1v) is 12.1. The Morgan fingerprint density at radius 2 is 1.97 bits per heavy atom. The number of rotatable bonds is 6. The molecular formula is C26H27ClN2O4. The van der Waals surface area contributed by atoms with E-state index in [1.165, 1.54) is 12.0 Å². The SMILES string of the molecule is O=C(OCC1CCC1)N1CCc2c([nH]c3ccc(Cl)cc23)C1c1ccc(OCC2CO2)cc1. The summed E-state index contributed by atoms with van der Waals surface area (Å²) in [5.74, 6) is 1.31. The predicted molar refractivity (Wildman–Crippen MR) is 126 cm³/mol. The molecule has 2 fully saturated rings. The number of H-pyrrole nitrogens is 1. The van der Waals surface area contributed by atoms with E-state index in [0.717, 1.165) is 53.8 Å². The molecule has 2 atom stereocenters. The molecule has 1 aromatic heterocycles. The first kappa shape index (κ1) is 20.9. The van der Waals surface area contributed by atoms with Gasteiger partial charge in [0.25, 0.3) is 0 Å². The fourth-order valence-corrected chi connectivity index (χ4v) is 5.01. The molecule has 1 amide bonds. The Kier molecular flexibility index (Phi) is 5.43. The molecule has 1 saturated heterocycles. The van der Waals surface area contributed by atoms with Gasteiger partial charge in [-0.1, -0.05) is 30.2 Å². The monoisotopic (exact) mass is 466 g/mol. The Labute approximate surface area is 197 Å². The molecule has 0 spiro atoms. The molecule has 2 unspecified atom stereocenters. The number of nitrogens with zero attached hydrogens (tertiary/aromatic N) is 1. The van der Waals surface area contributed by atoms with E-state index in [4.69, 9.17) is 25.8 Å². The van der Waals surface area contributed by atoms with E-state index in [1.807, 2.05) is 47.4 Å². The van der Waals surface area contributed by atoms with Crippen molar-refractivity contribution in [2.24, 2.45) is 5.92 Å². The van der Waals surface area contributed by atoms with Crippen LogP contribution >= 0.6 is 11.6 Å². The zero-order valence-corrected chi connectivity index (χ0v) is 19.1. The minimum Gasteiger partial charge on any atom is -0.491 e. The molecule has 1 aliphatic carbocycles. The number of amides is 1. The standard InChI is InChI=1S/C26H27ClN2O4/c27-18-6-9-23-22(12-18)21-10-11-29(26(30)33-13-16-2-1-3-16)25(24(21)28-23)17-4-7-19(8-5-17)31-14-20-15-32-20/h4-9,12,16,20,25,28H,1-3,10-11,13-15H2. The van der Waals surface area contributed by atoms with Crippen LogP contribution in [0.1, 0.15) is 42.1 Å². The number of hydrogen-bond donors (Lipinski definition) is 1. The summed E-state index contributed by atoms with van der Waals surface area (Å²) >= 11 is 6.29. The first-order valence-electron chi connectivity index (χ1n) is 11.7. The van der Waals surface area contributed by atoms with Gasteiger partial charge in [-0.3, -0.25) is 4.90 Å². The zero-order valence-electron chi connectivity index (χ0n) is 18.4. The van der Waals surface area contributed by atoms with E-state index >= 15 is 0 Å². The van der Waals surface area contributed by atoms with Crippen molar-refractivity contribution in [3.63, 3.8) is 0 Å². The molecule has 3 aliphatic rings. The fraction of sp³-hybridized carbons (Fsp3) is 0.423. The highest BCUT2D eigenvalue weighted by Crippen LogP contribution is 2.40. The van der Waals surface area contributed by atoms with Crippen LogP contribution in [0.2, 0.25) is 5.02 Å². The van der Waals surface area contributed by atoms with Crippen LogP contribution in [-0.4, -0.2) is 48.4 Å². The number of epoxide rings is 1. The van der Waals surface area contributed by atoms with Crippen LogP contribution in [0.4, 0.5) is 4.79 Å². The first-order chi connectivity index (χ1) is 16.2. The average molecular weight is 467 g/mol. The van der Waals surface area contributed by atoms with Gasteiger partial charge in [0.1, 0.15) is 24.5 Å². The van der Waals surface area contributed by atoms with Crippen LogP contribution in [0.15, 0.2) is 42.5 Å². The van der Waals surface area contributed by atoms with Crippen molar-refractivity contribution in [3.8, 4) is 5.75 Å². The van der Waals surface area contributed by atoms with Gasteiger partial charge in [-0.2, -0.15) is 0 Å². The Hall–Kier alpha value is -2.70. The van der Waals surface area contributed by atoms with Crippen molar-refractivity contribution in [3.05, 3.63) is 64.3 Å². The second-order valence-electron chi connectivity index (χ2n) is 9.26. The lowest BCUT2D eigenvalue weighted by Crippen LogP contribution is -2.41. The number of hydrogen-bond acceptors (Lipinski definition) is 4. The van der Waals surface area contributed by atoms with E-state index in [0.29, 0.717) is 30.7 Å². The number of aromatic amines is 1. The number of benzene rings is 2. The van der Waals surface area contributed by atoms with Gasteiger partial charge in [0.2, 0.25) is 0 Å². The van der Waals surface area contributed by atoms with E-state index in [2.05, 4.69) is 4.98 Å². The number of nitrogens with one attached hydrogen (secondary N) is 1. The number of carbonyl (C=O) groups excluding carboxylic acids is 1. The maximum absolute atomic E-state index is 13.2. The highest BCUT2D eigenvalue weighted by Gasteiger charge is 2.36. The molecule has 6 rings (SSSR count). The van der Waals surface area contributed by atoms with Crippen molar-refractivity contribution in [1.82, 2.24) is 9.88 Å². The van der Waals surface area contributed by atoms with Crippen LogP contribution < -0.4 is 4.74 Å². The van der Waals surface area contributed by atoms with Crippen LogP contribution in [0.5, 0.6) is 5.75 Å². The van der Waals surface area contributed by atoms with Gasteiger partial charge in [-0.15, -0.1) is 0 Å². The molecule has 6 nitrogen and oxygen atoms in total. The summed E-state index contributed by atoms with van der Waals surface area (Å²) in [6, 6.07) is 13.6. The second-order valence-corrected chi connectivity index (χ2v) is 9.70. The lowest BCUT2D eigenvalue weighted by molar-refractivity contribution is 0.0620. The largest absolute Gasteiger partial charge is 0.491 e. The average Bonchev–Trinajstić information content (AvgIpc) is 3.56. The topological polar surface area (TPSA) is 67.1 Å². The predicted octanol–water partition coefficient (Wildman–Crippen LogP) is 5.48. The van der Waals surface area contributed by atoms with Gasteiger partial charge in [0, 0.05) is 28.2 Å². The molecule has 1 N–H and O–H groups in total. The Balaban J connectivity index is 1.32. The van der Waals surface area contributed by atoms with Gasteiger partial charge in [-0.25, -0.2) is 4.79 Å². The maximum Gasteiger partial charge on any atom is 0.410 e. The number of carbonyl (C=O) groups is 1. The van der Waals surface area contributed by atoms with Crippen molar-refractivity contribution in [1.29, 1.82) is 0 Å². The summed E-state index contributed by atoms with van der Waals surface area (Å²) < 4.78 is 16.8. The number of aromatic nitrogens is 1. The summed E-state index contributed by atoms with van der Waals surface area (Å²) in [4.78, 5) is 18.6. The van der Waals surface area contributed by atoms with Crippen molar-refractivity contribution < 1.29 is 19.0 Å². The highest BCUT2D eigenvalue weighted by molar-refractivity contribution is 6.31. The normalized spacial score (nSPS) is 22.0. The Bertz CT molecular complexity index is 1170. The maximum atomic E-state index is 13.2. The van der Waals surface area contributed by atoms with Gasteiger partial charge in [-0.05, 0) is 66.6 Å². The molecule has 3 aromatic rings. The number of halogens is 1. The molecule has 33 heavy (non-hydrogen) atoms. The van der Waals surface area contributed by atoms with Crippen molar-refractivity contribution in [2.45, 2.75) is 37.8 Å². The summed E-state index contributed by atoms with van der Waals surface area (Å²) in [5.41, 5.74) is 4.29. The van der Waals surface area contributed by atoms with E-state index in [9.17, 15) is 4.79 Å².